The second kappa shape index (κ2) is 8.28. The van der Waals surface area contributed by atoms with E-state index < -0.39 is 11.4 Å². The molecule has 6 nitrogen and oxygen atoms in total. The average Bonchev–Trinajstić information content (AvgIpc) is 2.92. The van der Waals surface area contributed by atoms with Gasteiger partial charge in [0.25, 0.3) is 5.91 Å². The standard InChI is InChI=1S/C21H30ClNO5/c1-13(2)23-19(24)21(26-12-14-7-6-8-15(22)9-14)10-16(25-5)18-17(11-21)27-20(3,4)28-18/h6-9,13,16-18H,10-12H2,1-5H3,(H,23,24)/t16-,17+,18-,21+/m0/s1. The maximum atomic E-state index is 13.2. The summed E-state index contributed by atoms with van der Waals surface area (Å²) in [6.45, 7) is 7.88. The van der Waals surface area contributed by atoms with Crippen LogP contribution in [0.3, 0.4) is 0 Å². The number of hydrogen-bond acceptors (Lipinski definition) is 5. The fourth-order valence-electron chi connectivity index (χ4n) is 4.01. The van der Waals surface area contributed by atoms with E-state index in [1.807, 2.05) is 52.0 Å². The van der Waals surface area contributed by atoms with Crippen LogP contribution < -0.4 is 5.32 Å². The molecule has 1 aromatic rings. The Bertz CT molecular complexity index is 710. The lowest BCUT2D eigenvalue weighted by Gasteiger charge is -2.43. The first kappa shape index (κ1) is 21.5. The topological polar surface area (TPSA) is 66.0 Å². The molecule has 7 heteroatoms. The highest BCUT2D eigenvalue weighted by Crippen LogP contribution is 2.44. The van der Waals surface area contributed by atoms with Gasteiger partial charge in [0.05, 0.1) is 18.8 Å². The summed E-state index contributed by atoms with van der Waals surface area (Å²) in [5, 5.41) is 3.64. The Kier molecular flexibility index (Phi) is 6.37. The number of rotatable bonds is 6. The van der Waals surface area contributed by atoms with Gasteiger partial charge in [0.15, 0.2) is 11.4 Å². The lowest BCUT2D eigenvalue weighted by Crippen LogP contribution is -2.60. The van der Waals surface area contributed by atoms with Crippen molar-refractivity contribution in [3.63, 3.8) is 0 Å². The highest BCUT2D eigenvalue weighted by molar-refractivity contribution is 6.30. The van der Waals surface area contributed by atoms with Gasteiger partial charge in [-0.1, -0.05) is 23.7 Å². The van der Waals surface area contributed by atoms with Crippen LogP contribution in [-0.4, -0.2) is 48.8 Å². The quantitative estimate of drug-likeness (QED) is 0.776. The summed E-state index contributed by atoms with van der Waals surface area (Å²) in [6.07, 6.45) is -0.0259. The molecule has 28 heavy (non-hydrogen) atoms. The summed E-state index contributed by atoms with van der Waals surface area (Å²) in [7, 11) is 1.63. The summed E-state index contributed by atoms with van der Waals surface area (Å²) in [4.78, 5) is 13.2. The predicted octanol–water partition coefficient (Wildman–Crippen LogP) is 3.45. The molecule has 1 saturated carbocycles. The van der Waals surface area contributed by atoms with Crippen LogP contribution in [0.5, 0.6) is 0 Å². The second-order valence-electron chi connectivity index (χ2n) is 8.36. The summed E-state index contributed by atoms with van der Waals surface area (Å²) in [6, 6.07) is 7.44. The van der Waals surface area contributed by atoms with Gasteiger partial charge in [0.2, 0.25) is 0 Å². The molecular formula is C21H30ClNO5. The van der Waals surface area contributed by atoms with Crippen molar-refractivity contribution < 1.29 is 23.7 Å². The Hall–Kier alpha value is -1.18. The van der Waals surface area contributed by atoms with Crippen LogP contribution in [-0.2, 0) is 30.3 Å². The van der Waals surface area contributed by atoms with Gasteiger partial charge in [-0.15, -0.1) is 0 Å². The maximum Gasteiger partial charge on any atom is 0.252 e. The van der Waals surface area contributed by atoms with E-state index >= 15 is 0 Å². The molecule has 0 spiro atoms. The number of carbonyl (C=O) groups excluding carboxylic acids is 1. The third-order valence-electron chi connectivity index (χ3n) is 5.19. The van der Waals surface area contributed by atoms with E-state index in [4.69, 9.17) is 30.5 Å². The minimum atomic E-state index is -1.07. The minimum Gasteiger partial charge on any atom is -0.379 e. The maximum absolute atomic E-state index is 13.2. The number of amides is 1. The summed E-state index contributed by atoms with van der Waals surface area (Å²) in [5.74, 6) is -0.873. The second-order valence-corrected chi connectivity index (χ2v) is 8.80. The third kappa shape index (κ3) is 4.69. The van der Waals surface area contributed by atoms with Gasteiger partial charge in [0, 0.05) is 31.0 Å². The smallest absolute Gasteiger partial charge is 0.252 e. The molecule has 0 unspecified atom stereocenters. The third-order valence-corrected chi connectivity index (χ3v) is 5.43. The van der Waals surface area contributed by atoms with Gasteiger partial charge in [-0.05, 0) is 45.4 Å². The molecule has 1 aromatic carbocycles. The molecule has 156 valence electrons. The van der Waals surface area contributed by atoms with Crippen LogP contribution in [0.15, 0.2) is 24.3 Å². The van der Waals surface area contributed by atoms with Gasteiger partial charge < -0.3 is 24.3 Å². The van der Waals surface area contributed by atoms with E-state index in [0.717, 1.165) is 5.56 Å². The number of ether oxygens (including phenoxy) is 4. The van der Waals surface area contributed by atoms with E-state index in [9.17, 15) is 4.79 Å². The molecule has 0 aromatic heterocycles. The van der Waals surface area contributed by atoms with Crippen molar-refractivity contribution in [1.82, 2.24) is 5.32 Å². The molecule has 3 rings (SSSR count). The fraction of sp³-hybridized carbons (Fsp3) is 0.667. The normalized spacial score (nSPS) is 31.6. The molecule has 2 aliphatic rings. The van der Waals surface area contributed by atoms with Crippen molar-refractivity contribution in [3.05, 3.63) is 34.9 Å². The van der Waals surface area contributed by atoms with Crippen LogP contribution >= 0.6 is 11.6 Å². The first-order chi connectivity index (χ1) is 13.1. The molecule has 4 atom stereocenters. The lowest BCUT2D eigenvalue weighted by atomic mass is 9.78. The Morgan fingerprint density at radius 3 is 2.71 bits per heavy atom. The van der Waals surface area contributed by atoms with E-state index in [2.05, 4.69) is 5.32 Å². The molecule has 1 heterocycles. The van der Waals surface area contributed by atoms with Gasteiger partial charge in [0.1, 0.15) is 6.10 Å². The van der Waals surface area contributed by atoms with E-state index in [1.54, 1.807) is 7.11 Å². The van der Waals surface area contributed by atoms with Crippen LogP contribution in [0, 0.1) is 0 Å². The largest absolute Gasteiger partial charge is 0.379 e. The van der Waals surface area contributed by atoms with Crippen molar-refractivity contribution >= 4 is 17.5 Å². The SMILES string of the molecule is CO[C@H]1C[C@](OCc2cccc(Cl)c2)(C(=O)NC(C)C)C[C@H]2OC(C)(C)O[C@@H]12. The number of carbonyl (C=O) groups is 1. The fourth-order valence-corrected chi connectivity index (χ4v) is 4.23. The van der Waals surface area contributed by atoms with Crippen LogP contribution in [0.2, 0.25) is 5.02 Å². The first-order valence-electron chi connectivity index (χ1n) is 9.72. The Morgan fingerprint density at radius 2 is 2.07 bits per heavy atom. The number of hydrogen-bond donors (Lipinski definition) is 1. The lowest BCUT2D eigenvalue weighted by molar-refractivity contribution is -0.178. The molecule has 2 fully saturated rings. The summed E-state index contributed by atoms with van der Waals surface area (Å²) in [5.41, 5.74) is -0.165. The van der Waals surface area contributed by atoms with Gasteiger partial charge in [-0.25, -0.2) is 0 Å². The molecule has 1 saturated heterocycles. The van der Waals surface area contributed by atoms with Crippen molar-refractivity contribution in [3.8, 4) is 0 Å². The molecule has 0 bridgehead atoms. The molecule has 1 amide bonds. The zero-order valence-electron chi connectivity index (χ0n) is 17.2. The first-order valence-corrected chi connectivity index (χ1v) is 10.1. The monoisotopic (exact) mass is 411 g/mol. The Morgan fingerprint density at radius 1 is 1.32 bits per heavy atom. The number of fused-ring (bicyclic) bond motifs is 1. The zero-order chi connectivity index (χ0) is 20.5. The van der Waals surface area contributed by atoms with Crippen molar-refractivity contribution in [2.24, 2.45) is 0 Å². The molecule has 1 aliphatic heterocycles. The van der Waals surface area contributed by atoms with Gasteiger partial charge in [-0.2, -0.15) is 0 Å². The number of halogens is 1. The van der Waals surface area contributed by atoms with Crippen molar-refractivity contribution in [1.29, 1.82) is 0 Å². The molecule has 1 N–H and O–H groups in total. The summed E-state index contributed by atoms with van der Waals surface area (Å²) < 4.78 is 24.1. The Labute approximate surface area is 171 Å². The van der Waals surface area contributed by atoms with Crippen LogP contribution in [0.25, 0.3) is 0 Å². The average molecular weight is 412 g/mol. The van der Waals surface area contributed by atoms with E-state index in [1.165, 1.54) is 0 Å². The highest BCUT2D eigenvalue weighted by Gasteiger charge is 2.57. The highest BCUT2D eigenvalue weighted by atomic mass is 35.5. The molecule has 0 radical (unpaired) electrons. The van der Waals surface area contributed by atoms with E-state index in [0.29, 0.717) is 17.9 Å². The number of nitrogens with one attached hydrogen (secondary N) is 1. The molecule has 1 aliphatic carbocycles. The van der Waals surface area contributed by atoms with Gasteiger partial charge in [-0.3, -0.25) is 4.79 Å². The van der Waals surface area contributed by atoms with E-state index in [-0.39, 0.29) is 36.9 Å². The predicted molar refractivity (Wildman–Crippen MR) is 106 cm³/mol. The minimum absolute atomic E-state index is 0.00458. The van der Waals surface area contributed by atoms with Crippen LogP contribution in [0.4, 0.5) is 0 Å². The van der Waals surface area contributed by atoms with Gasteiger partial charge >= 0.3 is 0 Å². The molecular weight excluding hydrogens is 382 g/mol. The van der Waals surface area contributed by atoms with Crippen molar-refractivity contribution in [2.45, 2.75) is 82.9 Å². The Balaban J connectivity index is 1.86. The summed E-state index contributed by atoms with van der Waals surface area (Å²) >= 11 is 6.09. The number of benzene rings is 1. The van der Waals surface area contributed by atoms with Crippen LogP contribution in [0.1, 0.15) is 46.1 Å². The van der Waals surface area contributed by atoms with Crippen molar-refractivity contribution in [2.75, 3.05) is 7.11 Å². The number of methoxy groups -OCH3 is 1. The zero-order valence-corrected chi connectivity index (χ0v) is 17.9.